The smallest absolute Gasteiger partial charge is 0.399 e. The lowest BCUT2D eigenvalue weighted by Gasteiger charge is -2.47. The highest BCUT2D eigenvalue weighted by atomic mass is 35.7. The van der Waals surface area contributed by atoms with E-state index in [1.165, 1.54) is 12.1 Å². The summed E-state index contributed by atoms with van der Waals surface area (Å²) in [7, 11) is -1.89. The standard InChI is InChI=1S/C17H11ClF10N2OS/c18-32(17(26,27)28,14(19,15(20,21)22)16(23,24)25)12-7-2-1-6-11(12)30-13(31)9-4-3-5-10(29)8-9/h1-8H,29H2,(H,30,31). The molecule has 2 aromatic rings. The first-order valence-corrected chi connectivity index (χ1v) is 10.5. The molecule has 0 aromatic heterocycles. The number of benzene rings is 2. The Hall–Kier alpha value is -2.35. The third-order valence-corrected chi connectivity index (χ3v) is 8.52. The molecule has 0 aliphatic rings. The summed E-state index contributed by atoms with van der Waals surface area (Å²) in [6.45, 7) is 0. The SMILES string of the molecule is Nc1cccc(C(=O)Nc2ccccc2S(Cl)(C(F)(F)F)C(F)(C(F)(F)F)C(F)(F)F)c1. The number of anilines is 2. The average molecular weight is 517 g/mol. The van der Waals surface area contributed by atoms with Crippen molar-refractivity contribution >= 4 is 37.2 Å². The van der Waals surface area contributed by atoms with Crippen molar-refractivity contribution in [3.63, 3.8) is 0 Å². The second-order valence-corrected chi connectivity index (χ2v) is 10.1. The van der Waals surface area contributed by atoms with Gasteiger partial charge in [0.25, 0.3) is 5.91 Å². The number of carbonyl (C=O) groups is 1. The molecule has 0 fully saturated rings. The zero-order valence-corrected chi connectivity index (χ0v) is 16.7. The van der Waals surface area contributed by atoms with Gasteiger partial charge in [0.15, 0.2) is 0 Å². The molecule has 0 heterocycles. The zero-order valence-electron chi connectivity index (χ0n) is 15.2. The molecule has 32 heavy (non-hydrogen) atoms. The van der Waals surface area contributed by atoms with Gasteiger partial charge in [-0.2, -0.15) is 39.5 Å². The number of carbonyl (C=O) groups excluding carboxylic acids is 1. The molecule has 0 aliphatic carbocycles. The number of nitrogens with two attached hydrogens (primary N) is 1. The molecule has 0 spiro atoms. The van der Waals surface area contributed by atoms with E-state index in [1.54, 1.807) is 5.32 Å². The Morgan fingerprint density at radius 2 is 1.38 bits per heavy atom. The monoisotopic (exact) mass is 516 g/mol. The lowest BCUT2D eigenvalue weighted by atomic mass is 10.2. The van der Waals surface area contributed by atoms with Gasteiger partial charge >= 0.3 is 22.9 Å². The van der Waals surface area contributed by atoms with Crippen LogP contribution in [0.15, 0.2) is 53.4 Å². The molecule has 0 saturated carbocycles. The van der Waals surface area contributed by atoms with E-state index in [4.69, 9.17) is 16.4 Å². The Morgan fingerprint density at radius 3 is 1.84 bits per heavy atom. The second kappa shape index (κ2) is 8.21. The van der Waals surface area contributed by atoms with Gasteiger partial charge in [0.1, 0.15) is 0 Å². The predicted molar refractivity (Wildman–Crippen MR) is 99.0 cm³/mol. The molecule has 0 saturated heterocycles. The van der Waals surface area contributed by atoms with Crippen molar-refractivity contribution in [2.75, 3.05) is 11.1 Å². The minimum atomic E-state index is -7.11. The van der Waals surface area contributed by atoms with Crippen LogP contribution in [0, 0.1) is 0 Å². The highest BCUT2D eigenvalue weighted by Gasteiger charge is 2.86. The molecule has 1 unspecified atom stereocenters. The highest BCUT2D eigenvalue weighted by molar-refractivity contribution is 8.52. The Bertz CT molecular complexity index is 994. The van der Waals surface area contributed by atoms with Crippen LogP contribution >= 0.6 is 19.9 Å². The first-order chi connectivity index (χ1) is 14.4. The number of hydrogen-bond acceptors (Lipinski definition) is 2. The largest absolute Gasteiger partial charge is 0.445 e. The van der Waals surface area contributed by atoms with Gasteiger partial charge in [-0.25, -0.2) is 4.39 Å². The number of nitrogen functional groups attached to an aromatic ring is 1. The number of halogens is 11. The van der Waals surface area contributed by atoms with Crippen LogP contribution in [-0.4, -0.2) is 28.8 Å². The second-order valence-electron chi connectivity index (χ2n) is 6.15. The van der Waals surface area contributed by atoms with Crippen molar-refractivity contribution in [3.8, 4) is 0 Å². The van der Waals surface area contributed by atoms with Crippen LogP contribution in [0.4, 0.5) is 55.3 Å². The topological polar surface area (TPSA) is 55.1 Å². The number of amides is 1. The molecule has 3 N–H and O–H groups in total. The van der Waals surface area contributed by atoms with Crippen molar-refractivity contribution in [2.24, 2.45) is 0 Å². The van der Waals surface area contributed by atoms with Crippen LogP contribution in [0.2, 0.25) is 0 Å². The Labute approximate surface area is 179 Å². The molecule has 2 aromatic carbocycles. The van der Waals surface area contributed by atoms with E-state index in [0.717, 1.165) is 18.2 Å². The van der Waals surface area contributed by atoms with Crippen LogP contribution in [0.3, 0.4) is 0 Å². The van der Waals surface area contributed by atoms with Gasteiger partial charge in [-0.1, -0.05) is 18.2 Å². The van der Waals surface area contributed by atoms with E-state index in [-0.39, 0.29) is 17.3 Å². The van der Waals surface area contributed by atoms with Crippen LogP contribution in [0.1, 0.15) is 10.4 Å². The van der Waals surface area contributed by atoms with E-state index < -0.39 is 48.6 Å². The van der Waals surface area contributed by atoms with Crippen molar-refractivity contribution in [3.05, 3.63) is 54.1 Å². The molecule has 0 aliphatic heterocycles. The molecule has 0 bridgehead atoms. The van der Waals surface area contributed by atoms with Gasteiger partial charge in [-0.15, -0.1) is 0 Å². The summed E-state index contributed by atoms with van der Waals surface area (Å²) in [5, 5.41) is -5.15. The number of para-hydroxylation sites is 1. The van der Waals surface area contributed by atoms with E-state index in [9.17, 15) is 48.7 Å². The molecule has 15 heteroatoms. The lowest BCUT2D eigenvalue weighted by molar-refractivity contribution is -0.306. The van der Waals surface area contributed by atoms with E-state index >= 15 is 0 Å². The molecule has 178 valence electrons. The number of rotatable bonds is 4. The Balaban J connectivity index is 2.78. The van der Waals surface area contributed by atoms with Crippen LogP contribution in [0.25, 0.3) is 0 Å². The van der Waals surface area contributed by atoms with Gasteiger partial charge in [-0.05, 0) is 41.0 Å². The minimum Gasteiger partial charge on any atom is -0.399 e. The quantitative estimate of drug-likeness (QED) is 0.335. The zero-order chi connectivity index (χ0) is 24.8. The minimum absolute atomic E-state index is 0.0236. The molecule has 3 nitrogen and oxygen atoms in total. The fraction of sp³-hybridized carbons (Fsp3) is 0.235. The average Bonchev–Trinajstić information content (AvgIpc) is 2.64. The summed E-state index contributed by atoms with van der Waals surface area (Å²) < 4.78 is 136. The van der Waals surface area contributed by atoms with Crippen LogP contribution in [-0.2, 0) is 0 Å². The summed E-state index contributed by atoms with van der Waals surface area (Å²) in [4.78, 5) is 10.4. The summed E-state index contributed by atoms with van der Waals surface area (Å²) in [6.07, 6.45) is -14.2. The van der Waals surface area contributed by atoms with Crippen LogP contribution in [0.5, 0.6) is 0 Å². The molecule has 2 rings (SSSR count). The maximum atomic E-state index is 14.7. The third kappa shape index (κ3) is 4.17. The molecule has 1 atom stereocenters. The van der Waals surface area contributed by atoms with Gasteiger partial charge in [-0.3, -0.25) is 4.79 Å². The van der Waals surface area contributed by atoms with Gasteiger partial charge in [0.2, 0.25) is 0 Å². The summed E-state index contributed by atoms with van der Waals surface area (Å²) in [6, 6.07) is 6.94. The summed E-state index contributed by atoms with van der Waals surface area (Å²) >= 11 is 0. The lowest BCUT2D eigenvalue weighted by Crippen LogP contribution is -2.58. The molecule has 1 amide bonds. The van der Waals surface area contributed by atoms with Crippen molar-refractivity contribution in [2.45, 2.75) is 27.8 Å². The van der Waals surface area contributed by atoms with Gasteiger partial charge in [0.05, 0.1) is 5.69 Å². The van der Waals surface area contributed by atoms with Crippen LogP contribution < -0.4 is 11.1 Å². The fourth-order valence-corrected chi connectivity index (χ4v) is 5.73. The van der Waals surface area contributed by atoms with Crippen molar-refractivity contribution < 1.29 is 48.7 Å². The first kappa shape index (κ1) is 25.9. The number of nitrogens with one attached hydrogen (secondary N) is 1. The van der Waals surface area contributed by atoms with E-state index in [1.807, 2.05) is 0 Å². The Morgan fingerprint density at radius 1 is 0.844 bits per heavy atom. The molecular weight excluding hydrogens is 506 g/mol. The number of hydrogen-bond donors (Lipinski definition) is 2. The first-order valence-electron chi connectivity index (χ1n) is 8.05. The van der Waals surface area contributed by atoms with Crippen molar-refractivity contribution in [1.82, 2.24) is 0 Å². The maximum absolute atomic E-state index is 14.7. The Kier molecular flexibility index (Phi) is 6.65. The number of alkyl halides is 10. The van der Waals surface area contributed by atoms with E-state index in [2.05, 4.69) is 0 Å². The summed E-state index contributed by atoms with van der Waals surface area (Å²) in [5.74, 6) is -1.24. The normalized spacial score (nSPS) is 16.2. The summed E-state index contributed by atoms with van der Waals surface area (Å²) in [5.41, 5.74) is -2.56. The highest BCUT2D eigenvalue weighted by Crippen LogP contribution is 2.85. The fourth-order valence-electron chi connectivity index (χ4n) is 2.60. The molecule has 0 radical (unpaired) electrons. The predicted octanol–water partition coefficient (Wildman–Crippen LogP) is 7.15. The van der Waals surface area contributed by atoms with Gasteiger partial charge < -0.3 is 11.1 Å². The maximum Gasteiger partial charge on any atom is 0.445 e. The van der Waals surface area contributed by atoms with Gasteiger partial charge in [0, 0.05) is 25.4 Å². The molecular formula is C17H11ClF10N2OS. The van der Waals surface area contributed by atoms with Crippen molar-refractivity contribution in [1.29, 1.82) is 0 Å². The third-order valence-electron chi connectivity index (χ3n) is 4.02. The van der Waals surface area contributed by atoms with E-state index in [0.29, 0.717) is 12.1 Å².